The summed E-state index contributed by atoms with van der Waals surface area (Å²) in [6.45, 7) is 11.6. The van der Waals surface area contributed by atoms with Crippen molar-refractivity contribution in [2.45, 2.75) is 6.92 Å². The van der Waals surface area contributed by atoms with E-state index in [9.17, 15) is 11.8 Å². The number of nitrogens with zero attached hydrogens (tertiary/aromatic N) is 6. The van der Waals surface area contributed by atoms with Gasteiger partial charge >= 0.3 is 0 Å². The van der Waals surface area contributed by atoms with E-state index in [1.165, 1.54) is 0 Å². The highest BCUT2D eigenvalue weighted by atomic mass is 15.1. The summed E-state index contributed by atoms with van der Waals surface area (Å²) >= 11 is 0. The van der Waals surface area contributed by atoms with E-state index in [0.717, 1.165) is 98.5 Å². The van der Waals surface area contributed by atoms with E-state index in [-0.39, 0.29) is 0 Å². The van der Waals surface area contributed by atoms with Crippen LogP contribution in [0.15, 0.2) is 188 Å². The number of aryl methyl sites for hydroxylation is 1. The molecule has 0 fully saturated rings. The summed E-state index contributed by atoms with van der Waals surface area (Å²) in [5, 5.41) is 20.8. The average Bonchev–Trinajstić information content (AvgIpc) is 4.06. The molecule has 9 aromatic carbocycles. The van der Waals surface area contributed by atoms with Crippen LogP contribution in [-0.4, -0.2) is 18.3 Å². The lowest BCUT2D eigenvalue weighted by atomic mass is 10.0. The molecule has 13 aromatic rings. The minimum atomic E-state index is 0.377. The van der Waals surface area contributed by atoms with E-state index >= 15 is 0 Å². The van der Waals surface area contributed by atoms with Gasteiger partial charge in [-0.3, -0.25) is 0 Å². The molecule has 292 valence electrons. The van der Waals surface area contributed by atoms with Gasteiger partial charge in [0.1, 0.15) is 6.07 Å². The maximum atomic E-state index is 12.2. The van der Waals surface area contributed by atoms with Gasteiger partial charge in [0.15, 0.2) is 0 Å². The molecule has 0 amide bonds. The van der Waals surface area contributed by atoms with Crippen LogP contribution in [0.1, 0.15) is 11.1 Å². The predicted octanol–water partition coefficient (Wildman–Crippen LogP) is 14.8. The first-order valence-electron chi connectivity index (χ1n) is 21.1. The third kappa shape index (κ3) is 4.64. The van der Waals surface area contributed by atoms with Gasteiger partial charge in [0.25, 0.3) is 0 Å². The Hall–Kier alpha value is -8.84. The molecular weight excluding hydrogens is 769 g/mol. The van der Waals surface area contributed by atoms with Crippen LogP contribution in [0.2, 0.25) is 0 Å². The van der Waals surface area contributed by atoms with E-state index in [1.807, 2.05) is 12.1 Å². The summed E-state index contributed by atoms with van der Waals surface area (Å²) in [7, 11) is 0. The van der Waals surface area contributed by atoms with Gasteiger partial charge in [0.05, 0.1) is 79.0 Å². The van der Waals surface area contributed by atoms with Gasteiger partial charge in [-0.05, 0) is 61.5 Å². The number of para-hydroxylation sites is 7. The van der Waals surface area contributed by atoms with Gasteiger partial charge in [0, 0.05) is 43.1 Å². The number of nitriles is 1. The molecule has 0 saturated carbocycles. The van der Waals surface area contributed by atoms with Gasteiger partial charge < -0.3 is 18.3 Å². The Morgan fingerprint density at radius 1 is 0.365 bits per heavy atom. The molecule has 6 nitrogen and oxygen atoms in total. The molecule has 0 aliphatic rings. The topological polar surface area (TPSA) is 47.9 Å². The van der Waals surface area contributed by atoms with Crippen molar-refractivity contribution in [2.75, 3.05) is 0 Å². The highest BCUT2D eigenvalue weighted by Crippen LogP contribution is 2.51. The number of benzene rings is 9. The lowest BCUT2D eigenvalue weighted by Crippen LogP contribution is -2.14. The van der Waals surface area contributed by atoms with Crippen molar-refractivity contribution in [1.29, 1.82) is 5.26 Å². The van der Waals surface area contributed by atoms with Crippen molar-refractivity contribution < 1.29 is 0 Å². The molecule has 13 rings (SSSR count). The van der Waals surface area contributed by atoms with E-state index in [4.69, 9.17) is 0 Å². The van der Waals surface area contributed by atoms with Crippen LogP contribution >= 0.6 is 0 Å². The first-order valence-corrected chi connectivity index (χ1v) is 21.1. The number of rotatable bonds is 4. The Morgan fingerprint density at radius 2 is 0.667 bits per heavy atom. The summed E-state index contributed by atoms with van der Waals surface area (Å²) in [5.41, 5.74) is 12.2. The molecule has 0 unspecified atom stereocenters. The smallest absolute Gasteiger partial charge is 0.237 e. The molecule has 0 atom stereocenters. The Kier molecular flexibility index (Phi) is 7.26. The number of hydrogen-bond acceptors (Lipinski definition) is 1. The van der Waals surface area contributed by atoms with E-state index in [2.05, 4.69) is 212 Å². The van der Waals surface area contributed by atoms with Crippen molar-refractivity contribution >= 4 is 92.9 Å². The zero-order chi connectivity index (χ0) is 41.9. The second kappa shape index (κ2) is 13.1. The molecule has 6 heteroatoms. The summed E-state index contributed by atoms with van der Waals surface area (Å²) < 4.78 is 9.07. The molecular formula is C57H34N6. The molecule has 0 spiro atoms. The summed E-state index contributed by atoms with van der Waals surface area (Å²) in [6, 6.07) is 68.5. The Labute approximate surface area is 361 Å². The second-order valence-electron chi connectivity index (χ2n) is 16.3. The van der Waals surface area contributed by atoms with E-state index in [0.29, 0.717) is 28.3 Å². The maximum absolute atomic E-state index is 12.2. The SMILES string of the molecule is [C-]#[N+]c1c(-n2c3ccccc3c3ccccc32)c(C#N)c(-n2c3ccccc3c3cc(C)ccc32)c(-n2c3ccccc3c3ccccc32)c1-n1c2ccccc2c2ccccc21. The van der Waals surface area contributed by atoms with E-state index in [1.54, 1.807) is 0 Å². The summed E-state index contributed by atoms with van der Waals surface area (Å²) in [4.78, 5) is 4.64. The van der Waals surface area contributed by atoms with Crippen LogP contribution < -0.4 is 0 Å². The molecule has 0 aliphatic heterocycles. The molecule has 0 saturated heterocycles. The van der Waals surface area contributed by atoms with E-state index < -0.39 is 0 Å². The highest BCUT2D eigenvalue weighted by molar-refractivity contribution is 6.16. The van der Waals surface area contributed by atoms with Gasteiger partial charge in [-0.2, -0.15) is 5.26 Å². The van der Waals surface area contributed by atoms with Crippen LogP contribution in [0.25, 0.3) is 115 Å². The zero-order valence-corrected chi connectivity index (χ0v) is 34.1. The molecule has 0 radical (unpaired) electrons. The second-order valence-corrected chi connectivity index (χ2v) is 16.3. The molecule has 0 N–H and O–H groups in total. The zero-order valence-electron chi connectivity index (χ0n) is 34.1. The van der Waals surface area contributed by atoms with Crippen molar-refractivity contribution in [3.8, 4) is 28.8 Å². The quantitative estimate of drug-likeness (QED) is 0.164. The predicted molar refractivity (Wildman–Crippen MR) is 260 cm³/mol. The van der Waals surface area contributed by atoms with Crippen LogP contribution in [-0.2, 0) is 0 Å². The molecule has 4 aromatic heterocycles. The minimum Gasteiger partial charge on any atom is -0.318 e. The van der Waals surface area contributed by atoms with Gasteiger partial charge in [-0.1, -0.05) is 139 Å². The standard InChI is InChI=1S/C57H34N6/c1-35-31-32-52-43(33-35)42-23-9-16-30-51(42)61(52)55-44(34-58)54(60-45-24-10-3-17-36(45)37-18-4-11-25-46(37)60)53(59-2)56(62-47-26-12-5-19-38(47)39-20-6-13-27-48(39)62)57(55)63-49-28-14-7-21-40(49)41-22-8-15-29-50(41)63/h3-33H,1H3. The van der Waals surface area contributed by atoms with Crippen LogP contribution in [0.3, 0.4) is 0 Å². The fraction of sp³-hybridized carbons (Fsp3) is 0.0175. The molecule has 0 bridgehead atoms. The van der Waals surface area contributed by atoms with Crippen LogP contribution in [0, 0.1) is 24.8 Å². The maximum Gasteiger partial charge on any atom is 0.237 e. The Balaban J connectivity index is 1.40. The monoisotopic (exact) mass is 802 g/mol. The third-order valence-electron chi connectivity index (χ3n) is 13.1. The normalized spacial score (nSPS) is 11.9. The number of hydrogen-bond donors (Lipinski definition) is 0. The van der Waals surface area contributed by atoms with Gasteiger partial charge in [-0.15, -0.1) is 0 Å². The fourth-order valence-electron chi connectivity index (χ4n) is 10.6. The van der Waals surface area contributed by atoms with Crippen molar-refractivity contribution in [3.05, 3.63) is 211 Å². The lowest BCUT2D eigenvalue weighted by molar-refractivity contribution is 1.03. The summed E-state index contributed by atoms with van der Waals surface area (Å²) in [5.74, 6) is 0. The molecule has 4 heterocycles. The van der Waals surface area contributed by atoms with Crippen molar-refractivity contribution in [1.82, 2.24) is 18.3 Å². The Morgan fingerprint density at radius 3 is 1.03 bits per heavy atom. The molecule has 63 heavy (non-hydrogen) atoms. The minimum absolute atomic E-state index is 0.377. The molecule has 0 aliphatic carbocycles. The fourth-order valence-corrected chi connectivity index (χ4v) is 10.6. The number of aromatic nitrogens is 4. The van der Waals surface area contributed by atoms with Crippen LogP contribution in [0.5, 0.6) is 0 Å². The lowest BCUT2D eigenvalue weighted by Gasteiger charge is -2.27. The Bertz CT molecular complexity index is 4030. The average molecular weight is 803 g/mol. The van der Waals surface area contributed by atoms with Crippen molar-refractivity contribution in [2.24, 2.45) is 0 Å². The number of fused-ring (bicyclic) bond motifs is 12. The van der Waals surface area contributed by atoms with Crippen LogP contribution in [0.4, 0.5) is 5.69 Å². The largest absolute Gasteiger partial charge is 0.318 e. The van der Waals surface area contributed by atoms with Gasteiger partial charge in [0.2, 0.25) is 5.69 Å². The van der Waals surface area contributed by atoms with Gasteiger partial charge in [-0.25, -0.2) is 4.85 Å². The first-order chi connectivity index (χ1) is 31.2. The summed E-state index contributed by atoms with van der Waals surface area (Å²) in [6.07, 6.45) is 0. The first kappa shape index (κ1) is 35.0. The highest BCUT2D eigenvalue weighted by Gasteiger charge is 2.34. The third-order valence-corrected chi connectivity index (χ3v) is 13.1. The van der Waals surface area contributed by atoms with Crippen molar-refractivity contribution in [3.63, 3.8) is 0 Å².